The van der Waals surface area contributed by atoms with Crippen molar-refractivity contribution in [3.63, 3.8) is 0 Å². The molecule has 1 fully saturated rings. The van der Waals surface area contributed by atoms with Crippen molar-refractivity contribution >= 4 is 11.6 Å². The molecule has 0 saturated heterocycles. The zero-order valence-corrected chi connectivity index (χ0v) is 20.3. The van der Waals surface area contributed by atoms with Crippen LogP contribution in [0.1, 0.15) is 31.1 Å². The van der Waals surface area contributed by atoms with Crippen LogP contribution in [0.3, 0.4) is 0 Å². The first kappa shape index (κ1) is 25.0. The molecule has 4 aromatic heterocycles. The number of tetrazole rings is 1. The monoisotopic (exact) mass is 562 g/mol. The van der Waals surface area contributed by atoms with Crippen molar-refractivity contribution in [2.75, 3.05) is 0 Å². The molecule has 0 aliphatic heterocycles. The molecular formula is C23H16ClF5N10. The number of rotatable bonds is 8. The zero-order valence-electron chi connectivity index (χ0n) is 19.6. The first-order valence-electron chi connectivity index (χ1n) is 11.5. The van der Waals surface area contributed by atoms with Gasteiger partial charge < -0.3 is 0 Å². The average molecular weight is 563 g/mol. The van der Waals surface area contributed by atoms with Gasteiger partial charge in [-0.3, -0.25) is 9.67 Å². The first-order chi connectivity index (χ1) is 18.7. The average Bonchev–Trinajstić information content (AvgIpc) is 3.50. The predicted molar refractivity (Wildman–Crippen MR) is 126 cm³/mol. The van der Waals surface area contributed by atoms with Crippen molar-refractivity contribution in [1.82, 2.24) is 50.0 Å². The van der Waals surface area contributed by atoms with Crippen molar-refractivity contribution in [3.8, 4) is 28.1 Å². The normalized spacial score (nSPS) is 17.1. The Morgan fingerprint density at radius 2 is 1.85 bits per heavy atom. The van der Waals surface area contributed by atoms with E-state index in [-0.39, 0.29) is 29.1 Å². The molecule has 4 heterocycles. The summed E-state index contributed by atoms with van der Waals surface area (Å²) in [6.45, 7) is -2.86. The minimum absolute atomic E-state index is 0.0194. The minimum atomic E-state index is -2.86. The Bertz CT molecular complexity index is 1620. The van der Waals surface area contributed by atoms with Crippen molar-refractivity contribution in [2.24, 2.45) is 5.92 Å². The highest BCUT2D eigenvalue weighted by atomic mass is 35.5. The number of pyridine rings is 1. The summed E-state index contributed by atoms with van der Waals surface area (Å²) in [5.41, 5.74) is 1.68. The lowest BCUT2D eigenvalue weighted by molar-refractivity contribution is 0.0546. The number of alkyl halides is 4. The second-order valence-corrected chi connectivity index (χ2v) is 9.37. The van der Waals surface area contributed by atoms with E-state index in [4.69, 9.17) is 11.6 Å². The van der Waals surface area contributed by atoms with Gasteiger partial charge in [-0.2, -0.15) is 23.2 Å². The fraction of sp³-hybridized carbons (Fsp3) is 0.261. The van der Waals surface area contributed by atoms with Gasteiger partial charge >= 0.3 is 6.55 Å². The highest BCUT2D eigenvalue weighted by Crippen LogP contribution is 2.53. The highest BCUT2D eigenvalue weighted by Gasteiger charge is 2.57. The Morgan fingerprint density at radius 1 is 1.03 bits per heavy atom. The molecule has 39 heavy (non-hydrogen) atoms. The van der Waals surface area contributed by atoms with Crippen molar-refractivity contribution in [3.05, 3.63) is 71.9 Å². The van der Waals surface area contributed by atoms with Crippen molar-refractivity contribution < 1.29 is 22.0 Å². The number of nitrogens with zero attached hydrogens (tertiary/aromatic N) is 10. The van der Waals surface area contributed by atoms with E-state index < -0.39 is 30.2 Å². The Labute approximate surface area is 221 Å². The molecule has 0 unspecified atom stereocenters. The van der Waals surface area contributed by atoms with Crippen LogP contribution in [0, 0.1) is 11.7 Å². The van der Waals surface area contributed by atoms with Gasteiger partial charge in [-0.15, -0.1) is 10.2 Å². The van der Waals surface area contributed by atoms with Gasteiger partial charge in [0.1, 0.15) is 12.0 Å². The number of hydrogen-bond donors (Lipinski definition) is 0. The van der Waals surface area contributed by atoms with E-state index in [9.17, 15) is 17.6 Å². The van der Waals surface area contributed by atoms with E-state index in [2.05, 4.69) is 35.9 Å². The van der Waals surface area contributed by atoms with Crippen LogP contribution in [0.15, 0.2) is 55.4 Å². The lowest BCUT2D eigenvalue weighted by Crippen LogP contribution is -2.15. The lowest BCUT2D eigenvalue weighted by atomic mass is 10.0. The zero-order chi connectivity index (χ0) is 27.3. The molecule has 1 aliphatic rings. The Balaban J connectivity index is 1.35. The molecule has 0 N–H and O–H groups in total. The number of halogens is 6. The molecule has 6 rings (SSSR count). The maximum atomic E-state index is 15.1. The summed E-state index contributed by atoms with van der Waals surface area (Å²) in [4.78, 5) is 4.46. The minimum Gasteiger partial charge on any atom is -0.263 e. The Hall–Kier alpha value is -4.27. The Kier molecular flexibility index (Phi) is 6.09. The topological polar surface area (TPSA) is 105 Å². The van der Waals surface area contributed by atoms with Crippen LogP contribution in [-0.2, 0) is 0 Å². The fourth-order valence-electron chi connectivity index (χ4n) is 4.33. The van der Waals surface area contributed by atoms with Crippen LogP contribution in [0.2, 0.25) is 5.02 Å². The van der Waals surface area contributed by atoms with Crippen molar-refractivity contribution in [2.45, 2.75) is 31.4 Å². The molecule has 1 aliphatic carbocycles. The second kappa shape index (κ2) is 9.48. The number of aromatic nitrogens is 10. The first-order valence-corrected chi connectivity index (χ1v) is 11.9. The SMILES string of the molecule is Fc1c(Cl)ccc(-n2cnnn2)c1-c1ccc([C@H](C[C@@H]2CC2(F)F)n2cc(-c3cn(C(F)F)nn3)cn2)nc1. The summed E-state index contributed by atoms with van der Waals surface area (Å²) < 4.78 is 71.8. The second-order valence-electron chi connectivity index (χ2n) is 8.97. The fourth-order valence-corrected chi connectivity index (χ4v) is 4.49. The molecule has 16 heteroatoms. The third kappa shape index (κ3) is 4.73. The molecule has 0 amide bonds. The van der Waals surface area contributed by atoms with Crippen LogP contribution < -0.4 is 0 Å². The summed E-state index contributed by atoms with van der Waals surface area (Å²) in [5.74, 6) is -4.38. The highest BCUT2D eigenvalue weighted by molar-refractivity contribution is 6.31. The smallest absolute Gasteiger partial charge is 0.263 e. The summed E-state index contributed by atoms with van der Waals surface area (Å²) in [5, 5.41) is 22.2. The van der Waals surface area contributed by atoms with E-state index >= 15 is 4.39 Å². The molecule has 0 spiro atoms. The standard InChI is InChI=1S/C23H16ClF5N10/c24-15-2-4-18(39-11-31-34-36-39)20(21(15)25)12-1-3-16(30-7-12)19(5-14-6-23(14,28)29)37-9-13(8-32-37)17-10-38(22(26)27)35-33-17/h1-4,7-11,14,19,22H,5-6H2/t14-,19+/m1/s1. The third-order valence-electron chi connectivity index (χ3n) is 6.48. The lowest BCUT2D eigenvalue weighted by Gasteiger charge is -2.18. The molecule has 0 bridgehead atoms. The summed E-state index contributed by atoms with van der Waals surface area (Å²) in [6, 6.07) is 5.37. The quantitative estimate of drug-likeness (QED) is 0.245. The molecule has 0 radical (unpaired) electrons. The van der Waals surface area contributed by atoms with Gasteiger partial charge in [-0.05, 0) is 35.0 Å². The van der Waals surface area contributed by atoms with E-state index in [1.807, 2.05) is 0 Å². The third-order valence-corrected chi connectivity index (χ3v) is 6.77. The molecule has 1 aromatic carbocycles. The molecule has 5 aromatic rings. The van der Waals surface area contributed by atoms with Crippen LogP contribution in [0.25, 0.3) is 28.1 Å². The molecule has 200 valence electrons. The van der Waals surface area contributed by atoms with Gasteiger partial charge in [-0.25, -0.2) is 13.2 Å². The summed E-state index contributed by atoms with van der Waals surface area (Å²) in [6.07, 6.45) is 6.40. The van der Waals surface area contributed by atoms with E-state index in [1.165, 1.54) is 40.3 Å². The predicted octanol–water partition coefficient (Wildman–Crippen LogP) is 5.00. The summed E-state index contributed by atoms with van der Waals surface area (Å²) in [7, 11) is 0. The summed E-state index contributed by atoms with van der Waals surface area (Å²) >= 11 is 6.03. The Morgan fingerprint density at radius 3 is 2.49 bits per heavy atom. The van der Waals surface area contributed by atoms with Crippen LogP contribution in [0.5, 0.6) is 0 Å². The van der Waals surface area contributed by atoms with Crippen LogP contribution >= 0.6 is 11.6 Å². The van der Waals surface area contributed by atoms with Gasteiger partial charge in [0.2, 0.25) is 0 Å². The molecular weight excluding hydrogens is 547 g/mol. The maximum absolute atomic E-state index is 15.1. The van der Waals surface area contributed by atoms with Crippen molar-refractivity contribution in [1.29, 1.82) is 0 Å². The van der Waals surface area contributed by atoms with E-state index in [1.54, 1.807) is 18.2 Å². The van der Waals surface area contributed by atoms with E-state index in [0.717, 1.165) is 6.20 Å². The van der Waals surface area contributed by atoms with Crippen LogP contribution in [-0.4, -0.2) is 55.9 Å². The van der Waals surface area contributed by atoms with Gasteiger partial charge in [0.05, 0.1) is 34.8 Å². The van der Waals surface area contributed by atoms with Gasteiger partial charge in [0, 0.05) is 41.4 Å². The largest absolute Gasteiger partial charge is 0.334 e. The van der Waals surface area contributed by atoms with E-state index in [0.29, 0.717) is 27.2 Å². The molecule has 2 atom stereocenters. The van der Waals surface area contributed by atoms with Crippen LogP contribution in [0.4, 0.5) is 22.0 Å². The molecule has 1 saturated carbocycles. The van der Waals surface area contributed by atoms with Gasteiger partial charge in [0.15, 0.2) is 5.82 Å². The number of benzene rings is 1. The molecule has 10 nitrogen and oxygen atoms in total. The number of hydrogen-bond acceptors (Lipinski definition) is 7. The maximum Gasteiger partial charge on any atom is 0.334 e. The van der Waals surface area contributed by atoms with Gasteiger partial charge in [0.25, 0.3) is 5.92 Å². The van der Waals surface area contributed by atoms with Gasteiger partial charge in [-0.1, -0.05) is 22.9 Å².